The molecule has 0 fully saturated rings. The fraction of sp³-hybridized carbons (Fsp3) is 0. The molecule has 0 spiro atoms. The van der Waals surface area contributed by atoms with Gasteiger partial charge in [0.25, 0.3) is 0 Å². The van der Waals surface area contributed by atoms with Crippen molar-refractivity contribution in [2.45, 2.75) is 4.90 Å². The summed E-state index contributed by atoms with van der Waals surface area (Å²) in [5.41, 5.74) is 0. The van der Waals surface area contributed by atoms with E-state index in [4.69, 9.17) is 0 Å². The second kappa shape index (κ2) is 4.66. The van der Waals surface area contributed by atoms with Crippen molar-refractivity contribution in [3.8, 4) is 0 Å². The summed E-state index contributed by atoms with van der Waals surface area (Å²) in [4.78, 5) is -0.867. The number of benzene rings is 1. The Balaban J connectivity index is 0.00000169. The fourth-order valence-corrected chi connectivity index (χ4v) is 4.52. The molecule has 0 aliphatic rings. The van der Waals surface area contributed by atoms with Gasteiger partial charge in [-0.1, -0.05) is 0 Å². The first kappa shape index (κ1) is 14.0. The molecule has 0 amide bonds. The molecular formula is C6H5F6SSb. The van der Waals surface area contributed by atoms with Gasteiger partial charge in [-0.3, -0.25) is 0 Å². The van der Waals surface area contributed by atoms with Gasteiger partial charge in [-0.15, -0.1) is 0 Å². The first-order valence-electron chi connectivity index (χ1n) is 3.11. The topological polar surface area (TPSA) is 0 Å². The maximum Gasteiger partial charge on any atom is -1.00 e. The largest absolute Gasteiger partial charge is 1.00 e. The van der Waals surface area contributed by atoms with E-state index in [1.807, 2.05) is 0 Å². The predicted octanol–water partition coefficient (Wildman–Crippen LogP) is 0.317. The zero-order valence-electron chi connectivity index (χ0n) is 6.51. The molecule has 0 aliphatic heterocycles. The third-order valence-electron chi connectivity index (χ3n) is 1.29. The second-order valence-corrected chi connectivity index (χ2v) is 12.5. The van der Waals surface area contributed by atoms with Crippen LogP contribution in [0.15, 0.2) is 35.2 Å². The van der Waals surface area contributed by atoms with E-state index in [1.54, 1.807) is 0 Å². The average molecular weight is 345 g/mol. The van der Waals surface area contributed by atoms with Gasteiger partial charge in [-0.25, -0.2) is 0 Å². The van der Waals surface area contributed by atoms with Gasteiger partial charge in [0.05, 0.1) is 0 Å². The van der Waals surface area contributed by atoms with Gasteiger partial charge in [0.2, 0.25) is 0 Å². The van der Waals surface area contributed by atoms with Crippen molar-refractivity contribution in [1.29, 1.82) is 0 Å². The molecule has 14 heavy (non-hydrogen) atoms. The predicted molar refractivity (Wildman–Crippen MR) is 43.4 cm³/mol. The van der Waals surface area contributed by atoms with Gasteiger partial charge in [-0.05, 0) is 0 Å². The van der Waals surface area contributed by atoms with Crippen molar-refractivity contribution in [2.75, 3.05) is 0 Å². The molecule has 0 unspecified atom stereocenters. The third kappa shape index (κ3) is 2.73. The zero-order valence-corrected chi connectivity index (χ0v) is 9.88. The Bertz CT molecular complexity index is 357. The van der Waals surface area contributed by atoms with Gasteiger partial charge < -0.3 is 4.70 Å². The normalized spacial score (nSPS) is 12.1. The van der Waals surface area contributed by atoms with Crippen LogP contribution in [0.25, 0.3) is 0 Å². The number of halogens is 6. The molecule has 1 rings (SSSR count). The Labute approximate surface area is 82.1 Å². The molecule has 0 aliphatic carbocycles. The standard InChI is InChI=1S/C6H5F2S.4FH.Sb/c7-9(8)6-4-2-1-3-5-6;;;;;/h1-5H;4*1H;/q+1;;;;;+3/p-4. The van der Waals surface area contributed by atoms with E-state index in [1.165, 1.54) is 18.2 Å². The number of hydrogen-bond donors (Lipinski definition) is 0. The quantitative estimate of drug-likeness (QED) is 0.391. The van der Waals surface area contributed by atoms with Crippen molar-refractivity contribution in [3.05, 3.63) is 30.3 Å². The number of hydrogen-bond acceptors (Lipinski definition) is 0. The van der Waals surface area contributed by atoms with Crippen molar-refractivity contribution in [2.24, 2.45) is 0 Å². The minimum Gasteiger partial charge on any atom is -1.00 e. The molecule has 0 nitrogen and oxygen atoms in total. The van der Waals surface area contributed by atoms with Gasteiger partial charge >= 0.3 is 77.4 Å². The Hall–Kier alpha value is -0.0318. The molecule has 0 radical (unpaired) electrons. The molecule has 8 heteroatoms. The zero-order chi connectivity index (χ0) is 10.1. The fourth-order valence-electron chi connectivity index (χ4n) is 0.704. The van der Waals surface area contributed by atoms with E-state index in [2.05, 4.69) is 0 Å². The summed E-state index contributed by atoms with van der Waals surface area (Å²) in [6, 6.07) is 5.44. The van der Waals surface area contributed by atoms with E-state index in [9.17, 15) is 16.2 Å². The van der Waals surface area contributed by atoms with Crippen LogP contribution in [0.2, 0.25) is 0 Å². The van der Waals surface area contributed by atoms with E-state index < -0.39 is 30.8 Å². The summed E-state index contributed by atoms with van der Waals surface area (Å²) < 4.78 is 61.4. The molecule has 0 N–H and O–H groups in total. The third-order valence-corrected chi connectivity index (χ3v) is 8.90. The SMILES string of the molecule is F[S+](F)(c1ccccc1)=[Sb]([F])([F])[F].[F-]. The van der Waals surface area contributed by atoms with E-state index in [0.29, 0.717) is 0 Å². The minimum absolute atomic E-state index is 0. The smallest absolute Gasteiger partial charge is 1.00 e. The van der Waals surface area contributed by atoms with Crippen LogP contribution in [-0.4, -0.2) is 18.6 Å². The maximum absolute atomic E-state index is 12.7. The van der Waals surface area contributed by atoms with Crippen LogP contribution in [0.4, 0.5) is 16.2 Å². The summed E-state index contributed by atoms with van der Waals surface area (Å²) in [6.45, 7) is 0. The summed E-state index contributed by atoms with van der Waals surface area (Å²) >= 11 is -7.50. The Morgan fingerprint density at radius 3 is 1.71 bits per heavy atom. The molecular weight excluding hydrogens is 340 g/mol. The van der Waals surface area contributed by atoms with Crippen LogP contribution in [0.5, 0.6) is 0 Å². The van der Waals surface area contributed by atoms with Crippen LogP contribution in [0.1, 0.15) is 0 Å². The van der Waals surface area contributed by atoms with Crippen LogP contribution in [0, 0.1) is 0 Å². The molecule has 0 aromatic heterocycles. The van der Waals surface area contributed by atoms with Crippen molar-refractivity contribution in [3.63, 3.8) is 0 Å². The summed E-state index contributed by atoms with van der Waals surface area (Å²) in [6.07, 6.45) is 0. The average Bonchev–Trinajstić information content (AvgIpc) is 2.04. The summed E-state index contributed by atoms with van der Waals surface area (Å²) in [5.74, 6) is 0. The molecule has 1 aromatic rings. The molecule has 82 valence electrons. The van der Waals surface area contributed by atoms with Crippen molar-refractivity contribution in [1.82, 2.24) is 0 Å². The molecule has 0 atom stereocenters. The molecule has 0 saturated heterocycles. The van der Waals surface area contributed by atoms with E-state index in [0.717, 1.165) is 12.1 Å². The minimum atomic E-state index is -7.50. The van der Waals surface area contributed by atoms with Gasteiger partial charge in [0, 0.05) is 0 Å². The van der Waals surface area contributed by atoms with Gasteiger partial charge in [0.15, 0.2) is 0 Å². The Kier molecular flexibility index (Phi) is 4.65. The van der Waals surface area contributed by atoms with Crippen LogP contribution >= 0.6 is 0 Å². The van der Waals surface area contributed by atoms with Gasteiger partial charge in [0.1, 0.15) is 0 Å². The molecule has 0 bridgehead atoms. The van der Waals surface area contributed by atoms with E-state index >= 15 is 0 Å². The van der Waals surface area contributed by atoms with Crippen LogP contribution < -0.4 is 4.70 Å². The summed E-state index contributed by atoms with van der Waals surface area (Å²) in [5, 5.41) is 0. The summed E-state index contributed by atoms with van der Waals surface area (Å²) in [7, 11) is -5.48. The first-order valence-corrected chi connectivity index (χ1v) is 10.5. The van der Waals surface area contributed by atoms with Crippen LogP contribution in [0.3, 0.4) is 0 Å². The maximum atomic E-state index is 12.7. The molecule has 0 heterocycles. The number of rotatable bonds is 1. The molecule has 0 saturated carbocycles. The molecule has 1 aromatic carbocycles. The Morgan fingerprint density at radius 1 is 0.929 bits per heavy atom. The van der Waals surface area contributed by atoms with Crippen molar-refractivity contribution < 1.29 is 20.9 Å². The second-order valence-electron chi connectivity index (χ2n) is 2.15. The van der Waals surface area contributed by atoms with Gasteiger partial charge in [-0.2, -0.15) is 0 Å². The monoisotopic (exact) mass is 344 g/mol. The Morgan fingerprint density at radius 2 is 1.36 bits per heavy atom. The first-order chi connectivity index (χ1) is 5.86. The van der Waals surface area contributed by atoms with Crippen LogP contribution in [-0.2, 0) is 7.36 Å². The van der Waals surface area contributed by atoms with Crippen molar-refractivity contribution >= 4 is 25.9 Å². The van der Waals surface area contributed by atoms with E-state index in [-0.39, 0.29) is 4.70 Å².